The van der Waals surface area contributed by atoms with E-state index >= 15 is 0 Å². The van der Waals surface area contributed by atoms with E-state index in [-0.39, 0.29) is 17.7 Å². The van der Waals surface area contributed by atoms with E-state index in [1.165, 1.54) is 26.8 Å². The monoisotopic (exact) mass is 512 g/mol. The molecular weight excluding hydrogens is 480 g/mol. The first-order chi connectivity index (χ1) is 18.9. The second kappa shape index (κ2) is 10.1. The molecule has 0 bridgehead atoms. The van der Waals surface area contributed by atoms with E-state index in [0.29, 0.717) is 16.8 Å². The number of fused-ring (bicyclic) bond motifs is 4. The summed E-state index contributed by atoms with van der Waals surface area (Å²) in [5.74, 6) is -0.0874. The molecule has 0 fully saturated rings. The second-order valence-electron chi connectivity index (χ2n) is 10.7. The highest BCUT2D eigenvalue weighted by molar-refractivity contribution is 6.24. The molecule has 2 aliphatic rings. The van der Waals surface area contributed by atoms with E-state index in [0.717, 1.165) is 35.6 Å². The molecule has 0 heterocycles. The molecule has 194 valence electrons. The quantitative estimate of drug-likeness (QED) is 0.369. The Morgan fingerprint density at radius 1 is 0.795 bits per heavy atom. The van der Waals surface area contributed by atoms with E-state index in [9.17, 15) is 9.59 Å². The molecule has 4 nitrogen and oxygen atoms in total. The molecule has 4 heteroatoms. The third-order valence-electron chi connectivity index (χ3n) is 8.04. The first-order valence-corrected chi connectivity index (χ1v) is 13.6. The van der Waals surface area contributed by atoms with Gasteiger partial charge in [0.25, 0.3) is 5.91 Å². The Hall–Kier alpha value is -4.28. The van der Waals surface area contributed by atoms with Crippen LogP contribution in [0.4, 0.5) is 5.69 Å². The normalized spacial score (nSPS) is 15.6. The SMILES string of the molecule is Cc1ccccc1C(=O)Nc1ccc(C(=O)C2=c3ccc4c(c3CCC2)C(N(C)C)C=c2ccccc2=4)cc1. The summed E-state index contributed by atoms with van der Waals surface area (Å²) in [5, 5.41) is 7.83. The van der Waals surface area contributed by atoms with Crippen LogP contribution in [0.5, 0.6) is 0 Å². The van der Waals surface area contributed by atoms with E-state index in [2.05, 4.69) is 66.8 Å². The molecule has 4 aromatic carbocycles. The zero-order valence-electron chi connectivity index (χ0n) is 22.6. The van der Waals surface area contributed by atoms with Crippen LogP contribution in [0.3, 0.4) is 0 Å². The number of aryl methyl sites for hydroxylation is 1. The van der Waals surface area contributed by atoms with Gasteiger partial charge in [-0.2, -0.15) is 0 Å². The Bertz CT molecular complexity index is 1840. The van der Waals surface area contributed by atoms with Crippen molar-refractivity contribution in [3.8, 4) is 0 Å². The van der Waals surface area contributed by atoms with Gasteiger partial charge in [0.2, 0.25) is 0 Å². The van der Waals surface area contributed by atoms with Gasteiger partial charge in [0.1, 0.15) is 0 Å². The van der Waals surface area contributed by atoms with Crippen LogP contribution >= 0.6 is 0 Å². The van der Waals surface area contributed by atoms with Gasteiger partial charge in [0.15, 0.2) is 5.78 Å². The molecule has 0 radical (unpaired) electrons. The average molecular weight is 513 g/mol. The molecular formula is C35H32N2O2. The average Bonchev–Trinajstić information content (AvgIpc) is 2.96. The minimum absolute atomic E-state index is 0.0641. The summed E-state index contributed by atoms with van der Waals surface area (Å²) in [6, 6.07) is 27.9. The summed E-state index contributed by atoms with van der Waals surface area (Å²) in [7, 11) is 4.24. The maximum Gasteiger partial charge on any atom is 0.255 e. The molecule has 2 aliphatic carbocycles. The number of nitrogens with zero attached hydrogens (tertiary/aromatic N) is 1. The number of ketones is 1. The van der Waals surface area contributed by atoms with Crippen LogP contribution in [0.25, 0.3) is 11.6 Å². The van der Waals surface area contributed by atoms with Gasteiger partial charge in [0, 0.05) is 22.4 Å². The molecule has 1 unspecified atom stereocenters. The highest BCUT2D eigenvalue weighted by Gasteiger charge is 2.25. The van der Waals surface area contributed by atoms with E-state index in [4.69, 9.17) is 0 Å². The van der Waals surface area contributed by atoms with Gasteiger partial charge in [0.05, 0.1) is 6.04 Å². The Kier molecular flexibility index (Phi) is 6.49. The molecule has 0 spiro atoms. The van der Waals surface area contributed by atoms with Gasteiger partial charge in [-0.05, 0) is 108 Å². The lowest BCUT2D eigenvalue weighted by molar-refractivity contribution is 0.102. The van der Waals surface area contributed by atoms with Gasteiger partial charge >= 0.3 is 0 Å². The first kappa shape index (κ1) is 25.0. The van der Waals surface area contributed by atoms with Gasteiger partial charge in [-0.15, -0.1) is 0 Å². The van der Waals surface area contributed by atoms with Crippen molar-refractivity contribution < 1.29 is 9.59 Å². The van der Waals surface area contributed by atoms with Crippen molar-refractivity contribution in [2.75, 3.05) is 19.4 Å². The number of benzene rings is 4. The lowest BCUT2D eigenvalue weighted by atomic mass is 9.82. The molecule has 1 atom stereocenters. The van der Waals surface area contributed by atoms with Crippen LogP contribution in [-0.2, 0) is 6.42 Å². The van der Waals surface area contributed by atoms with Crippen LogP contribution in [0.15, 0.2) is 84.9 Å². The van der Waals surface area contributed by atoms with Gasteiger partial charge in [-0.3, -0.25) is 14.5 Å². The number of amides is 1. The van der Waals surface area contributed by atoms with E-state index in [1.54, 1.807) is 0 Å². The minimum atomic E-state index is -0.152. The number of rotatable bonds is 5. The molecule has 0 saturated carbocycles. The van der Waals surface area contributed by atoms with Crippen molar-refractivity contribution >= 4 is 29.0 Å². The molecule has 0 aliphatic heterocycles. The predicted molar refractivity (Wildman–Crippen MR) is 157 cm³/mol. The van der Waals surface area contributed by atoms with Crippen LogP contribution in [-0.4, -0.2) is 30.7 Å². The standard InChI is InChI=1S/C35H32N2O2/c1-22-9-4-6-11-26(22)35(39)36-25-17-15-23(16-18-25)34(38)31-14-8-13-29-28(31)19-20-30-27-12-7-5-10-24(27)21-32(33(29)30)37(2)3/h4-7,9-12,15-21,32H,8,13-14H2,1-3H3,(H,36,39). The van der Waals surface area contributed by atoms with Crippen molar-refractivity contribution in [1.82, 2.24) is 4.90 Å². The Labute approximate surface area is 228 Å². The van der Waals surface area contributed by atoms with Crippen molar-refractivity contribution in [3.05, 3.63) is 134 Å². The maximum absolute atomic E-state index is 13.8. The molecule has 0 saturated heterocycles. The van der Waals surface area contributed by atoms with Crippen molar-refractivity contribution in [2.24, 2.45) is 0 Å². The summed E-state index contributed by atoms with van der Waals surface area (Å²) in [6.07, 6.45) is 5.04. The fourth-order valence-corrected chi connectivity index (χ4v) is 6.06. The van der Waals surface area contributed by atoms with E-state index in [1.807, 2.05) is 55.5 Å². The number of carbonyl (C=O) groups is 2. The number of carbonyl (C=O) groups excluding carboxylic acids is 2. The molecule has 0 aromatic heterocycles. The topological polar surface area (TPSA) is 49.4 Å². The molecule has 39 heavy (non-hydrogen) atoms. The number of anilines is 1. The fraction of sp³-hybridized carbons (Fsp3) is 0.200. The lowest BCUT2D eigenvalue weighted by Gasteiger charge is -2.29. The number of hydrogen-bond donors (Lipinski definition) is 1. The van der Waals surface area contributed by atoms with Crippen molar-refractivity contribution in [1.29, 1.82) is 0 Å². The van der Waals surface area contributed by atoms with E-state index < -0.39 is 0 Å². The Morgan fingerprint density at radius 2 is 1.51 bits per heavy atom. The van der Waals surface area contributed by atoms with Crippen LogP contribution in [0.2, 0.25) is 0 Å². The maximum atomic E-state index is 13.8. The Morgan fingerprint density at radius 3 is 2.28 bits per heavy atom. The highest BCUT2D eigenvalue weighted by atomic mass is 16.1. The molecule has 4 aromatic rings. The third kappa shape index (κ3) is 4.51. The number of hydrogen-bond acceptors (Lipinski definition) is 3. The smallest absolute Gasteiger partial charge is 0.255 e. The lowest BCUT2D eigenvalue weighted by Crippen LogP contribution is -2.31. The Balaban J connectivity index is 1.39. The minimum Gasteiger partial charge on any atom is -0.322 e. The third-order valence-corrected chi connectivity index (χ3v) is 8.04. The highest BCUT2D eigenvalue weighted by Crippen LogP contribution is 2.30. The second-order valence-corrected chi connectivity index (χ2v) is 10.7. The summed E-state index contributed by atoms with van der Waals surface area (Å²) < 4.78 is 0. The molecule has 1 amide bonds. The summed E-state index contributed by atoms with van der Waals surface area (Å²) in [5.41, 5.74) is 6.40. The van der Waals surface area contributed by atoms with Crippen molar-refractivity contribution in [2.45, 2.75) is 32.2 Å². The van der Waals surface area contributed by atoms with Gasteiger partial charge in [-0.1, -0.05) is 60.7 Å². The number of Topliss-reactive ketones (excluding diaryl/α,β-unsaturated/α-hetero) is 1. The molecule has 1 N–H and O–H groups in total. The zero-order valence-corrected chi connectivity index (χ0v) is 22.6. The summed E-state index contributed by atoms with van der Waals surface area (Å²) >= 11 is 0. The first-order valence-electron chi connectivity index (χ1n) is 13.6. The summed E-state index contributed by atoms with van der Waals surface area (Å²) in [6.45, 7) is 1.92. The van der Waals surface area contributed by atoms with Crippen LogP contribution in [0, 0.1) is 17.4 Å². The van der Waals surface area contributed by atoms with Crippen LogP contribution in [0.1, 0.15) is 56.3 Å². The van der Waals surface area contributed by atoms with Gasteiger partial charge in [-0.25, -0.2) is 0 Å². The number of nitrogens with one attached hydrogen (secondary N) is 1. The fourth-order valence-electron chi connectivity index (χ4n) is 6.06. The zero-order chi connectivity index (χ0) is 27.1. The molecule has 6 rings (SSSR count). The predicted octanol–water partition coefficient (Wildman–Crippen LogP) is 5.30. The summed E-state index contributed by atoms with van der Waals surface area (Å²) in [4.78, 5) is 28.8. The largest absolute Gasteiger partial charge is 0.322 e. The van der Waals surface area contributed by atoms with Crippen LogP contribution < -0.4 is 15.8 Å². The van der Waals surface area contributed by atoms with Gasteiger partial charge < -0.3 is 5.32 Å². The van der Waals surface area contributed by atoms with Crippen molar-refractivity contribution in [3.63, 3.8) is 0 Å².